The molecule has 1 aromatic carbocycles. The van der Waals surface area contributed by atoms with Gasteiger partial charge in [-0.2, -0.15) is 0 Å². The fourth-order valence-corrected chi connectivity index (χ4v) is 2.10. The van der Waals surface area contributed by atoms with E-state index < -0.39 is 11.6 Å². The highest BCUT2D eigenvalue weighted by Crippen LogP contribution is 2.30. The largest absolute Gasteiger partial charge is 0.374 e. The molecule has 0 aliphatic rings. The van der Waals surface area contributed by atoms with E-state index in [0.29, 0.717) is 18.2 Å². The van der Waals surface area contributed by atoms with Crippen LogP contribution in [0.15, 0.2) is 22.7 Å². The van der Waals surface area contributed by atoms with Gasteiger partial charge in [0.25, 0.3) is 0 Å². The van der Waals surface area contributed by atoms with Gasteiger partial charge in [-0.05, 0) is 35.0 Å². The number of aromatic nitrogens is 2. The Morgan fingerprint density at radius 2 is 2.05 bits per heavy atom. The van der Waals surface area contributed by atoms with Gasteiger partial charge in [0.2, 0.25) is 0 Å². The molecule has 0 bridgehead atoms. The SMILES string of the molecule is CCOCc1nc(NC)cc(-c2c(F)ccc(Br)c2F)n1. The summed E-state index contributed by atoms with van der Waals surface area (Å²) in [5.41, 5.74) is -0.0265. The number of rotatable bonds is 5. The van der Waals surface area contributed by atoms with Gasteiger partial charge in [0, 0.05) is 19.7 Å². The number of anilines is 1. The number of hydrogen-bond donors (Lipinski definition) is 1. The van der Waals surface area contributed by atoms with Crippen molar-refractivity contribution in [3.8, 4) is 11.3 Å². The molecule has 0 amide bonds. The van der Waals surface area contributed by atoms with Crippen molar-refractivity contribution in [1.82, 2.24) is 9.97 Å². The minimum absolute atomic E-state index is 0.167. The van der Waals surface area contributed by atoms with Crippen LogP contribution in [-0.2, 0) is 11.3 Å². The van der Waals surface area contributed by atoms with Crippen LogP contribution in [0.1, 0.15) is 12.7 Å². The number of halogens is 3. The van der Waals surface area contributed by atoms with E-state index in [2.05, 4.69) is 31.2 Å². The number of benzene rings is 1. The minimum Gasteiger partial charge on any atom is -0.374 e. The average Bonchev–Trinajstić information content (AvgIpc) is 2.49. The fraction of sp³-hybridized carbons (Fsp3) is 0.286. The maximum atomic E-state index is 14.2. The highest BCUT2D eigenvalue weighted by Gasteiger charge is 2.17. The van der Waals surface area contributed by atoms with Gasteiger partial charge >= 0.3 is 0 Å². The van der Waals surface area contributed by atoms with Crippen LogP contribution in [0, 0.1) is 11.6 Å². The van der Waals surface area contributed by atoms with Crippen LogP contribution >= 0.6 is 15.9 Å². The van der Waals surface area contributed by atoms with E-state index in [1.54, 1.807) is 7.05 Å². The Bertz CT molecular complexity index is 652. The summed E-state index contributed by atoms with van der Waals surface area (Å²) in [4.78, 5) is 8.37. The van der Waals surface area contributed by atoms with Gasteiger partial charge in [0.05, 0.1) is 15.7 Å². The van der Waals surface area contributed by atoms with Crippen molar-refractivity contribution in [2.24, 2.45) is 0 Å². The summed E-state index contributed by atoms with van der Waals surface area (Å²) < 4.78 is 33.6. The Morgan fingerprint density at radius 3 is 2.71 bits per heavy atom. The van der Waals surface area contributed by atoms with Crippen molar-refractivity contribution in [2.45, 2.75) is 13.5 Å². The molecule has 1 heterocycles. The fourth-order valence-electron chi connectivity index (χ4n) is 1.77. The first kappa shape index (κ1) is 15.8. The summed E-state index contributed by atoms with van der Waals surface area (Å²) in [6.07, 6.45) is 0. The van der Waals surface area contributed by atoms with Crippen molar-refractivity contribution in [3.05, 3.63) is 40.1 Å². The zero-order valence-corrected chi connectivity index (χ0v) is 13.2. The van der Waals surface area contributed by atoms with Crippen LogP contribution in [0.25, 0.3) is 11.3 Å². The van der Waals surface area contributed by atoms with E-state index in [1.807, 2.05) is 6.92 Å². The predicted octanol–water partition coefficient (Wildman–Crippen LogP) is 3.76. The van der Waals surface area contributed by atoms with Gasteiger partial charge in [-0.1, -0.05) is 0 Å². The standard InChI is InChI=1S/C14H14BrF2N3O/c1-3-21-7-12-19-10(6-11(18-2)20-12)13-9(16)5-4-8(15)14(13)17/h4-6H,3,7H2,1-2H3,(H,18,19,20). The average molecular weight is 358 g/mol. The lowest BCUT2D eigenvalue weighted by atomic mass is 10.1. The zero-order chi connectivity index (χ0) is 15.4. The molecular weight excluding hydrogens is 344 g/mol. The normalized spacial score (nSPS) is 10.7. The zero-order valence-electron chi connectivity index (χ0n) is 11.6. The third-order valence-electron chi connectivity index (χ3n) is 2.76. The van der Waals surface area contributed by atoms with Crippen molar-refractivity contribution < 1.29 is 13.5 Å². The predicted molar refractivity (Wildman–Crippen MR) is 80.0 cm³/mol. The molecule has 0 aliphatic carbocycles. The molecule has 0 fully saturated rings. The van der Waals surface area contributed by atoms with Crippen LogP contribution < -0.4 is 5.32 Å². The molecule has 21 heavy (non-hydrogen) atoms. The summed E-state index contributed by atoms with van der Waals surface area (Å²) in [6.45, 7) is 2.52. The van der Waals surface area contributed by atoms with E-state index in [0.717, 1.165) is 0 Å². The third kappa shape index (κ3) is 3.54. The molecular formula is C14H14BrF2N3O. The second kappa shape index (κ2) is 6.91. The maximum absolute atomic E-state index is 14.2. The second-order valence-electron chi connectivity index (χ2n) is 4.16. The van der Waals surface area contributed by atoms with Crippen LogP contribution in [0.2, 0.25) is 0 Å². The lowest BCUT2D eigenvalue weighted by molar-refractivity contribution is 0.128. The van der Waals surface area contributed by atoms with Gasteiger partial charge in [-0.3, -0.25) is 0 Å². The van der Waals surface area contributed by atoms with Gasteiger partial charge in [0.15, 0.2) is 5.82 Å². The Hall–Kier alpha value is -1.60. The number of nitrogens with zero attached hydrogens (tertiary/aromatic N) is 2. The van der Waals surface area contributed by atoms with Crippen LogP contribution in [0.3, 0.4) is 0 Å². The highest BCUT2D eigenvalue weighted by atomic mass is 79.9. The molecule has 1 aromatic heterocycles. The number of hydrogen-bond acceptors (Lipinski definition) is 4. The topological polar surface area (TPSA) is 47.0 Å². The highest BCUT2D eigenvalue weighted by molar-refractivity contribution is 9.10. The molecule has 0 spiro atoms. The van der Waals surface area contributed by atoms with E-state index in [-0.39, 0.29) is 22.3 Å². The Labute approximate surface area is 129 Å². The van der Waals surface area contributed by atoms with Crippen molar-refractivity contribution in [3.63, 3.8) is 0 Å². The quantitative estimate of drug-likeness (QED) is 0.827. The van der Waals surface area contributed by atoms with Gasteiger partial charge in [-0.25, -0.2) is 18.7 Å². The molecule has 0 atom stereocenters. The van der Waals surface area contributed by atoms with E-state index in [9.17, 15) is 8.78 Å². The molecule has 0 saturated carbocycles. The van der Waals surface area contributed by atoms with Gasteiger partial charge < -0.3 is 10.1 Å². The molecule has 0 unspecified atom stereocenters. The first-order valence-electron chi connectivity index (χ1n) is 6.34. The molecule has 2 rings (SSSR count). The van der Waals surface area contributed by atoms with Crippen LogP contribution in [0.5, 0.6) is 0 Å². The van der Waals surface area contributed by atoms with Crippen LogP contribution in [0.4, 0.5) is 14.6 Å². The molecule has 0 radical (unpaired) electrons. The van der Waals surface area contributed by atoms with Crippen molar-refractivity contribution in [1.29, 1.82) is 0 Å². The molecule has 1 N–H and O–H groups in total. The lowest BCUT2D eigenvalue weighted by Gasteiger charge is -2.10. The van der Waals surface area contributed by atoms with E-state index >= 15 is 0 Å². The van der Waals surface area contributed by atoms with E-state index in [1.165, 1.54) is 18.2 Å². The minimum atomic E-state index is -0.696. The molecule has 7 heteroatoms. The Morgan fingerprint density at radius 1 is 1.29 bits per heavy atom. The summed E-state index contributed by atoms with van der Waals surface area (Å²) >= 11 is 3.05. The van der Waals surface area contributed by atoms with Gasteiger partial charge in [0.1, 0.15) is 24.1 Å². The van der Waals surface area contributed by atoms with Gasteiger partial charge in [-0.15, -0.1) is 0 Å². The molecule has 4 nitrogen and oxygen atoms in total. The smallest absolute Gasteiger partial charge is 0.157 e. The summed E-state index contributed by atoms with van der Waals surface area (Å²) in [6, 6.07) is 3.99. The Kier molecular flexibility index (Phi) is 5.19. The maximum Gasteiger partial charge on any atom is 0.157 e. The summed E-state index contributed by atoms with van der Waals surface area (Å²) in [5.74, 6) is -0.553. The Balaban J connectivity index is 2.55. The summed E-state index contributed by atoms with van der Waals surface area (Å²) in [5, 5.41) is 2.84. The summed E-state index contributed by atoms with van der Waals surface area (Å²) in [7, 11) is 1.67. The first-order chi connectivity index (χ1) is 10.1. The van der Waals surface area contributed by atoms with Crippen molar-refractivity contribution in [2.75, 3.05) is 19.0 Å². The number of ether oxygens (including phenoxy) is 1. The monoisotopic (exact) mass is 357 g/mol. The number of nitrogens with one attached hydrogen (secondary N) is 1. The molecule has 0 aliphatic heterocycles. The van der Waals surface area contributed by atoms with Crippen molar-refractivity contribution >= 4 is 21.7 Å². The first-order valence-corrected chi connectivity index (χ1v) is 7.13. The van der Waals surface area contributed by atoms with E-state index in [4.69, 9.17) is 4.74 Å². The lowest BCUT2D eigenvalue weighted by Crippen LogP contribution is -2.05. The molecule has 112 valence electrons. The molecule has 0 saturated heterocycles. The molecule has 2 aromatic rings. The van der Waals surface area contributed by atoms with Crippen LogP contribution in [-0.4, -0.2) is 23.6 Å². The third-order valence-corrected chi connectivity index (χ3v) is 3.38. The second-order valence-corrected chi connectivity index (χ2v) is 5.01.